The molecule has 0 radical (unpaired) electrons. The van der Waals surface area contributed by atoms with Crippen LogP contribution < -0.4 is 4.74 Å². The van der Waals surface area contributed by atoms with E-state index >= 15 is 0 Å². The van der Waals surface area contributed by atoms with E-state index < -0.39 is 30.4 Å². The third-order valence-corrected chi connectivity index (χ3v) is 3.86. The van der Waals surface area contributed by atoms with Crippen molar-refractivity contribution >= 4 is 34.5 Å². The number of rotatable bonds is 5. The monoisotopic (exact) mass is 432 g/mol. The fourth-order valence-corrected chi connectivity index (χ4v) is 2.51. The molecule has 0 saturated heterocycles. The highest BCUT2D eigenvalue weighted by Gasteiger charge is 2.31. The average Bonchev–Trinajstić information content (AvgIpc) is 2.49. The lowest BCUT2D eigenvalue weighted by Gasteiger charge is -2.31. The number of hydrogen-bond acceptors (Lipinski definition) is 6. The maximum absolute atomic E-state index is 11.2. The van der Waals surface area contributed by atoms with Crippen LogP contribution in [0.4, 0.5) is 0 Å². The molecule has 124 valence electrons. The number of ether oxygens (including phenoxy) is 4. The Balaban J connectivity index is 2.07. The van der Waals surface area contributed by atoms with Crippen molar-refractivity contribution in [1.29, 1.82) is 0 Å². The van der Waals surface area contributed by atoms with Gasteiger partial charge < -0.3 is 18.9 Å². The summed E-state index contributed by atoms with van der Waals surface area (Å²) in [4.78, 5) is 22.2. The summed E-state index contributed by atoms with van der Waals surface area (Å²) in [5.41, 5.74) is 0. The van der Waals surface area contributed by atoms with E-state index in [1.54, 1.807) is 12.2 Å². The molecule has 1 heterocycles. The van der Waals surface area contributed by atoms with E-state index in [1.165, 1.54) is 13.8 Å². The summed E-state index contributed by atoms with van der Waals surface area (Å²) in [6, 6.07) is 7.52. The van der Waals surface area contributed by atoms with Gasteiger partial charge in [-0.2, -0.15) is 0 Å². The van der Waals surface area contributed by atoms with Crippen LogP contribution >= 0.6 is 22.6 Å². The maximum atomic E-state index is 11.2. The predicted octanol–water partition coefficient (Wildman–Crippen LogP) is 2.45. The molecule has 7 heteroatoms. The van der Waals surface area contributed by atoms with Crippen LogP contribution in [0.5, 0.6) is 5.75 Å². The highest BCUT2D eigenvalue weighted by atomic mass is 127. The van der Waals surface area contributed by atoms with Gasteiger partial charge in [0.2, 0.25) is 6.29 Å². The summed E-state index contributed by atoms with van der Waals surface area (Å²) in [5, 5.41) is 0. The van der Waals surface area contributed by atoms with Crippen LogP contribution in [-0.2, 0) is 23.8 Å². The molecule has 0 amide bonds. The molecule has 0 saturated carbocycles. The van der Waals surface area contributed by atoms with Gasteiger partial charge >= 0.3 is 11.9 Å². The van der Waals surface area contributed by atoms with E-state index in [1.807, 2.05) is 24.3 Å². The molecule has 1 aromatic rings. The highest BCUT2D eigenvalue weighted by molar-refractivity contribution is 14.1. The Labute approximate surface area is 147 Å². The van der Waals surface area contributed by atoms with E-state index in [9.17, 15) is 9.59 Å². The van der Waals surface area contributed by atoms with Gasteiger partial charge in [-0.25, -0.2) is 0 Å². The van der Waals surface area contributed by atoms with Gasteiger partial charge in [-0.15, -0.1) is 0 Å². The standard InChI is InChI=1S/C16H17IO6/c1-10(18)20-9-15-14(21-11(2)19)7-8-16(23-15)22-13-6-4-3-5-12(13)17/h3-8,14-16H,9H2,1-2H3/t14-,15?,16-/m0/s1. The largest absolute Gasteiger partial charge is 0.463 e. The fraction of sp³-hybridized carbons (Fsp3) is 0.375. The van der Waals surface area contributed by atoms with Crippen molar-refractivity contribution in [2.75, 3.05) is 6.61 Å². The van der Waals surface area contributed by atoms with Crippen molar-refractivity contribution in [1.82, 2.24) is 0 Å². The van der Waals surface area contributed by atoms with Gasteiger partial charge in [0.25, 0.3) is 0 Å². The molecule has 0 bridgehead atoms. The minimum absolute atomic E-state index is 0.0244. The van der Waals surface area contributed by atoms with Crippen molar-refractivity contribution in [3.05, 3.63) is 40.0 Å². The van der Waals surface area contributed by atoms with Gasteiger partial charge in [0, 0.05) is 13.8 Å². The van der Waals surface area contributed by atoms with Gasteiger partial charge in [0.05, 0.1) is 3.57 Å². The van der Waals surface area contributed by atoms with E-state index in [-0.39, 0.29) is 6.61 Å². The van der Waals surface area contributed by atoms with Crippen LogP contribution in [0.15, 0.2) is 36.4 Å². The van der Waals surface area contributed by atoms with Gasteiger partial charge in [-0.3, -0.25) is 9.59 Å². The Morgan fingerprint density at radius 2 is 1.91 bits per heavy atom. The van der Waals surface area contributed by atoms with E-state index in [0.717, 1.165) is 3.57 Å². The zero-order valence-corrected chi connectivity index (χ0v) is 14.9. The predicted molar refractivity (Wildman–Crippen MR) is 89.8 cm³/mol. The summed E-state index contributed by atoms with van der Waals surface area (Å²) in [7, 11) is 0. The normalized spacial score (nSPS) is 23.2. The molecule has 0 aromatic heterocycles. The highest BCUT2D eigenvalue weighted by Crippen LogP contribution is 2.24. The lowest BCUT2D eigenvalue weighted by atomic mass is 10.1. The summed E-state index contributed by atoms with van der Waals surface area (Å²) in [6.07, 6.45) is 1.44. The number of halogens is 1. The van der Waals surface area contributed by atoms with E-state index in [0.29, 0.717) is 5.75 Å². The summed E-state index contributed by atoms with van der Waals surface area (Å²) < 4.78 is 22.6. The van der Waals surface area contributed by atoms with E-state index in [2.05, 4.69) is 22.6 Å². The van der Waals surface area contributed by atoms with Gasteiger partial charge in [0.1, 0.15) is 24.6 Å². The minimum atomic E-state index is -0.654. The SMILES string of the molecule is CC(=O)OCC1O[C@H](Oc2ccccc2I)C=C[C@@H]1OC(C)=O. The zero-order valence-electron chi connectivity index (χ0n) is 12.7. The number of benzene rings is 1. The minimum Gasteiger partial charge on any atom is -0.463 e. The first-order valence-electron chi connectivity index (χ1n) is 7.01. The molecular weight excluding hydrogens is 415 g/mol. The molecule has 1 aliphatic rings. The lowest BCUT2D eigenvalue weighted by Crippen LogP contribution is -2.43. The van der Waals surface area contributed by atoms with Gasteiger partial charge in [-0.1, -0.05) is 12.1 Å². The molecule has 1 aliphatic heterocycles. The molecule has 23 heavy (non-hydrogen) atoms. The van der Waals surface area contributed by atoms with Crippen LogP contribution in [-0.4, -0.2) is 37.0 Å². The van der Waals surface area contributed by atoms with Crippen molar-refractivity contribution in [3.8, 4) is 5.75 Å². The number of para-hydroxylation sites is 1. The topological polar surface area (TPSA) is 71.1 Å². The van der Waals surface area contributed by atoms with Crippen molar-refractivity contribution in [2.45, 2.75) is 32.3 Å². The second kappa shape index (κ2) is 8.30. The molecule has 0 aliphatic carbocycles. The molecule has 6 nitrogen and oxygen atoms in total. The maximum Gasteiger partial charge on any atom is 0.303 e. The second-order valence-corrected chi connectivity index (χ2v) is 6.01. The average molecular weight is 432 g/mol. The second-order valence-electron chi connectivity index (χ2n) is 4.85. The lowest BCUT2D eigenvalue weighted by molar-refractivity contribution is -0.178. The molecule has 0 spiro atoms. The summed E-state index contributed by atoms with van der Waals surface area (Å²) in [6.45, 7) is 2.59. The zero-order chi connectivity index (χ0) is 16.8. The van der Waals surface area contributed by atoms with Crippen molar-refractivity contribution < 1.29 is 28.5 Å². The Bertz CT molecular complexity index is 600. The first-order chi connectivity index (χ1) is 11.0. The summed E-state index contributed by atoms with van der Waals surface area (Å²) in [5.74, 6) is -0.187. The third kappa shape index (κ3) is 5.51. The molecule has 3 atom stereocenters. The Morgan fingerprint density at radius 3 is 2.57 bits per heavy atom. The van der Waals surface area contributed by atoms with Crippen molar-refractivity contribution in [3.63, 3.8) is 0 Å². The number of carbonyl (C=O) groups is 2. The molecule has 0 fully saturated rings. The summed E-state index contributed by atoms with van der Waals surface area (Å²) >= 11 is 2.16. The number of esters is 2. The van der Waals surface area contributed by atoms with Crippen LogP contribution in [0.1, 0.15) is 13.8 Å². The molecule has 1 aromatic carbocycles. The Morgan fingerprint density at radius 1 is 1.17 bits per heavy atom. The smallest absolute Gasteiger partial charge is 0.303 e. The first-order valence-corrected chi connectivity index (χ1v) is 8.09. The molecule has 2 rings (SSSR count). The van der Waals surface area contributed by atoms with E-state index in [4.69, 9.17) is 18.9 Å². The third-order valence-electron chi connectivity index (χ3n) is 2.97. The first kappa shape index (κ1) is 17.7. The Hall–Kier alpha value is -1.61. The van der Waals surface area contributed by atoms with Crippen LogP contribution in [0.3, 0.4) is 0 Å². The van der Waals surface area contributed by atoms with Crippen LogP contribution in [0.2, 0.25) is 0 Å². The van der Waals surface area contributed by atoms with Crippen molar-refractivity contribution in [2.24, 2.45) is 0 Å². The van der Waals surface area contributed by atoms with Crippen LogP contribution in [0.25, 0.3) is 0 Å². The molecule has 1 unspecified atom stereocenters. The molecule has 0 N–H and O–H groups in total. The molecular formula is C16H17IO6. The Kier molecular flexibility index (Phi) is 6.40. The van der Waals surface area contributed by atoms with Gasteiger partial charge in [0.15, 0.2) is 0 Å². The van der Waals surface area contributed by atoms with Crippen LogP contribution in [0, 0.1) is 3.57 Å². The fourth-order valence-electron chi connectivity index (χ4n) is 1.99. The number of carbonyl (C=O) groups excluding carboxylic acids is 2. The quantitative estimate of drug-likeness (QED) is 0.405. The van der Waals surface area contributed by atoms with Gasteiger partial charge in [-0.05, 0) is 46.9 Å². The number of hydrogen-bond donors (Lipinski definition) is 0.